The second-order valence-electron chi connectivity index (χ2n) is 8.91. The highest BCUT2D eigenvalue weighted by molar-refractivity contribution is 5.76. The van der Waals surface area contributed by atoms with Gasteiger partial charge in [-0.2, -0.15) is 0 Å². The van der Waals surface area contributed by atoms with E-state index in [0.29, 0.717) is 30.1 Å². The predicted molar refractivity (Wildman–Crippen MR) is 122 cm³/mol. The maximum atomic E-state index is 12.7. The molecule has 4 heterocycles. The second kappa shape index (κ2) is 10.2. The summed E-state index contributed by atoms with van der Waals surface area (Å²) in [4.78, 5) is 30.8. The van der Waals surface area contributed by atoms with Crippen LogP contribution in [-0.2, 0) is 4.79 Å². The standard InChI is InChI=1S/C24H34N6O/c1-18-6-5-11-26-24(18)28-22-17-25-16-21(27-22)20-9-14-30(15-10-20)23(31)8-7-19(2)29-12-3-4-13-29/h5-6,11,16-17,19-20H,3-4,7-10,12-15H2,1-2H3,(H,26,27,28)/t19-/m1/s1. The number of pyridine rings is 1. The highest BCUT2D eigenvalue weighted by Gasteiger charge is 2.26. The van der Waals surface area contributed by atoms with Gasteiger partial charge >= 0.3 is 0 Å². The van der Waals surface area contributed by atoms with Crippen molar-refractivity contribution < 1.29 is 4.79 Å². The van der Waals surface area contributed by atoms with E-state index in [-0.39, 0.29) is 0 Å². The number of aryl methyl sites for hydroxylation is 1. The van der Waals surface area contributed by atoms with Crippen LogP contribution < -0.4 is 5.32 Å². The number of carbonyl (C=O) groups excluding carboxylic acids is 1. The van der Waals surface area contributed by atoms with Crippen molar-refractivity contribution in [1.29, 1.82) is 0 Å². The molecule has 2 aromatic rings. The van der Waals surface area contributed by atoms with Gasteiger partial charge in [0.2, 0.25) is 5.91 Å². The zero-order valence-electron chi connectivity index (χ0n) is 18.8. The third kappa shape index (κ3) is 5.58. The van der Waals surface area contributed by atoms with Crippen LogP contribution in [-0.4, -0.2) is 62.9 Å². The van der Waals surface area contributed by atoms with Crippen LogP contribution in [0.3, 0.4) is 0 Å². The molecule has 0 radical (unpaired) electrons. The molecule has 0 aliphatic carbocycles. The zero-order chi connectivity index (χ0) is 21.6. The van der Waals surface area contributed by atoms with E-state index < -0.39 is 0 Å². The summed E-state index contributed by atoms with van der Waals surface area (Å²) in [6.45, 7) is 8.27. The van der Waals surface area contributed by atoms with Crippen LogP contribution in [0, 0.1) is 6.92 Å². The average Bonchev–Trinajstić information content (AvgIpc) is 3.34. The summed E-state index contributed by atoms with van der Waals surface area (Å²) in [5, 5.41) is 3.28. The summed E-state index contributed by atoms with van der Waals surface area (Å²) in [6.07, 6.45) is 11.5. The molecule has 0 aromatic carbocycles. The first kappa shape index (κ1) is 21.7. The molecule has 0 spiro atoms. The minimum atomic E-state index is 0.302. The molecular formula is C24H34N6O. The highest BCUT2D eigenvalue weighted by atomic mass is 16.2. The van der Waals surface area contributed by atoms with Gasteiger partial charge in [-0.25, -0.2) is 9.97 Å². The lowest BCUT2D eigenvalue weighted by Crippen LogP contribution is -2.39. The maximum absolute atomic E-state index is 12.7. The van der Waals surface area contributed by atoms with E-state index in [1.807, 2.05) is 30.2 Å². The number of amides is 1. The van der Waals surface area contributed by atoms with Crippen molar-refractivity contribution in [3.8, 4) is 0 Å². The largest absolute Gasteiger partial charge is 0.343 e. The first-order chi connectivity index (χ1) is 15.1. The van der Waals surface area contributed by atoms with Crippen molar-refractivity contribution in [2.45, 2.75) is 64.3 Å². The van der Waals surface area contributed by atoms with Gasteiger partial charge in [0, 0.05) is 43.9 Å². The molecule has 2 fully saturated rings. The number of nitrogens with one attached hydrogen (secondary N) is 1. The molecule has 2 aromatic heterocycles. The Morgan fingerprint density at radius 2 is 1.97 bits per heavy atom. The smallest absolute Gasteiger partial charge is 0.222 e. The first-order valence-electron chi connectivity index (χ1n) is 11.6. The Morgan fingerprint density at radius 1 is 1.19 bits per heavy atom. The molecule has 1 amide bonds. The second-order valence-corrected chi connectivity index (χ2v) is 8.91. The Kier molecular flexibility index (Phi) is 7.12. The van der Waals surface area contributed by atoms with E-state index in [1.165, 1.54) is 25.9 Å². The Bertz CT molecular complexity index is 874. The Balaban J connectivity index is 1.27. The first-order valence-corrected chi connectivity index (χ1v) is 11.6. The van der Waals surface area contributed by atoms with E-state index in [0.717, 1.165) is 49.4 Å². The van der Waals surface area contributed by atoms with Crippen molar-refractivity contribution in [2.24, 2.45) is 0 Å². The fraction of sp³-hybridized carbons (Fsp3) is 0.583. The Hall–Kier alpha value is -2.54. The number of hydrogen-bond donors (Lipinski definition) is 1. The number of hydrogen-bond acceptors (Lipinski definition) is 6. The fourth-order valence-electron chi connectivity index (χ4n) is 4.66. The van der Waals surface area contributed by atoms with Crippen molar-refractivity contribution in [2.75, 3.05) is 31.5 Å². The lowest BCUT2D eigenvalue weighted by molar-refractivity contribution is -0.132. The Labute approximate surface area is 185 Å². The summed E-state index contributed by atoms with van der Waals surface area (Å²) < 4.78 is 0. The minimum Gasteiger partial charge on any atom is -0.343 e. The zero-order valence-corrected chi connectivity index (χ0v) is 18.8. The van der Waals surface area contributed by atoms with Crippen LogP contribution in [0.5, 0.6) is 0 Å². The van der Waals surface area contributed by atoms with E-state index in [4.69, 9.17) is 4.98 Å². The quantitative estimate of drug-likeness (QED) is 0.730. The molecule has 7 heteroatoms. The van der Waals surface area contributed by atoms with Crippen molar-refractivity contribution >= 4 is 17.5 Å². The molecule has 2 aliphatic rings. The number of carbonyl (C=O) groups is 1. The van der Waals surface area contributed by atoms with Crippen LogP contribution >= 0.6 is 0 Å². The molecule has 31 heavy (non-hydrogen) atoms. The molecule has 4 rings (SSSR count). The lowest BCUT2D eigenvalue weighted by atomic mass is 9.93. The molecule has 0 bridgehead atoms. The molecule has 1 atom stereocenters. The van der Waals surface area contributed by atoms with Gasteiger partial charge in [-0.15, -0.1) is 0 Å². The van der Waals surface area contributed by atoms with Gasteiger partial charge in [-0.05, 0) is 70.7 Å². The molecule has 166 valence electrons. The number of anilines is 2. The van der Waals surface area contributed by atoms with Crippen LogP contribution in [0.25, 0.3) is 0 Å². The number of rotatable bonds is 7. The predicted octanol–water partition coefficient (Wildman–Crippen LogP) is 3.89. The summed E-state index contributed by atoms with van der Waals surface area (Å²) in [5.41, 5.74) is 2.06. The third-order valence-electron chi connectivity index (χ3n) is 6.72. The van der Waals surface area contributed by atoms with E-state index in [9.17, 15) is 4.79 Å². The van der Waals surface area contributed by atoms with Gasteiger partial charge in [0.1, 0.15) is 11.6 Å². The van der Waals surface area contributed by atoms with Gasteiger partial charge < -0.3 is 15.1 Å². The topological polar surface area (TPSA) is 74.2 Å². The third-order valence-corrected chi connectivity index (χ3v) is 6.72. The number of nitrogens with zero attached hydrogens (tertiary/aromatic N) is 5. The molecular weight excluding hydrogens is 388 g/mol. The van der Waals surface area contributed by atoms with Crippen molar-refractivity contribution in [3.63, 3.8) is 0 Å². The van der Waals surface area contributed by atoms with Gasteiger partial charge in [0.25, 0.3) is 0 Å². The molecule has 0 unspecified atom stereocenters. The monoisotopic (exact) mass is 422 g/mol. The van der Waals surface area contributed by atoms with Crippen molar-refractivity contribution in [1.82, 2.24) is 24.8 Å². The van der Waals surface area contributed by atoms with E-state index in [1.54, 1.807) is 12.4 Å². The molecule has 1 N–H and O–H groups in total. The average molecular weight is 423 g/mol. The van der Waals surface area contributed by atoms with Crippen LogP contribution in [0.15, 0.2) is 30.7 Å². The lowest BCUT2D eigenvalue weighted by Gasteiger charge is -2.32. The van der Waals surface area contributed by atoms with Crippen LogP contribution in [0.2, 0.25) is 0 Å². The van der Waals surface area contributed by atoms with Crippen molar-refractivity contribution in [3.05, 3.63) is 42.0 Å². The maximum Gasteiger partial charge on any atom is 0.222 e. The molecule has 7 nitrogen and oxygen atoms in total. The van der Waals surface area contributed by atoms with Crippen LogP contribution in [0.4, 0.5) is 11.6 Å². The molecule has 0 saturated carbocycles. The minimum absolute atomic E-state index is 0.302. The Morgan fingerprint density at radius 3 is 2.71 bits per heavy atom. The number of likely N-dealkylation sites (tertiary alicyclic amines) is 2. The molecule has 2 aliphatic heterocycles. The summed E-state index contributed by atoms with van der Waals surface area (Å²) in [5.74, 6) is 2.16. The normalized spacial score (nSPS) is 18.8. The van der Waals surface area contributed by atoms with Gasteiger partial charge in [-0.3, -0.25) is 9.78 Å². The summed E-state index contributed by atoms with van der Waals surface area (Å²) >= 11 is 0. The highest BCUT2D eigenvalue weighted by Crippen LogP contribution is 2.28. The van der Waals surface area contributed by atoms with Gasteiger partial charge in [0.15, 0.2) is 0 Å². The van der Waals surface area contributed by atoms with E-state index >= 15 is 0 Å². The summed E-state index contributed by atoms with van der Waals surface area (Å²) in [7, 11) is 0. The molecule has 2 saturated heterocycles. The van der Waals surface area contributed by atoms with Gasteiger partial charge in [-0.1, -0.05) is 6.07 Å². The van der Waals surface area contributed by atoms with E-state index in [2.05, 4.69) is 27.1 Å². The summed E-state index contributed by atoms with van der Waals surface area (Å²) in [6, 6.07) is 4.45. The van der Waals surface area contributed by atoms with Crippen LogP contribution in [0.1, 0.15) is 62.6 Å². The SMILES string of the molecule is Cc1cccnc1Nc1cncc(C2CCN(C(=O)CC[C@@H](C)N3CCCC3)CC2)n1. The number of piperidine rings is 1. The fourth-order valence-corrected chi connectivity index (χ4v) is 4.66. The number of aromatic nitrogens is 3. The van der Waals surface area contributed by atoms with Gasteiger partial charge in [0.05, 0.1) is 11.9 Å².